The summed E-state index contributed by atoms with van der Waals surface area (Å²) in [6.45, 7) is 4.22. The Morgan fingerprint density at radius 3 is 2.50 bits per heavy atom. The monoisotopic (exact) mass is 533 g/mol. The van der Waals surface area contributed by atoms with Crippen LogP contribution in [-0.4, -0.2) is 47.9 Å². The van der Waals surface area contributed by atoms with E-state index in [9.17, 15) is 9.59 Å². The largest absolute Gasteiger partial charge is 0.383 e. The zero-order chi connectivity index (χ0) is 26.4. The fourth-order valence-electron chi connectivity index (χ4n) is 5.75. The Hall–Kier alpha value is -2.15. The number of fused-ring (bicyclic) bond motifs is 1. The molecule has 1 heterocycles. The molecular formula is C26H37ClN5O3P. The molecule has 0 saturated heterocycles. The van der Waals surface area contributed by atoms with Crippen LogP contribution in [0.1, 0.15) is 61.5 Å². The van der Waals surface area contributed by atoms with Crippen LogP contribution < -0.4 is 21.3 Å². The highest BCUT2D eigenvalue weighted by molar-refractivity contribution is 7.28. The first-order valence-electron chi connectivity index (χ1n) is 12.4. The summed E-state index contributed by atoms with van der Waals surface area (Å²) in [6.07, 6.45) is 4.10. The summed E-state index contributed by atoms with van der Waals surface area (Å²) in [5.74, 6) is 1.90. The SMILES string of the molecule is COC(C)(C)C(=O)NCC1CC2CC(c3nn(C)c(N)c3C(=O)N(C)c3ccc(P)c(Cl)c3)CC2C1. The second-order valence-corrected chi connectivity index (χ2v) is 11.8. The first kappa shape index (κ1) is 26.9. The summed E-state index contributed by atoms with van der Waals surface area (Å²) in [5, 5.41) is 9.22. The third kappa shape index (κ3) is 5.13. The molecule has 2 saturated carbocycles. The molecule has 2 aliphatic rings. The van der Waals surface area contributed by atoms with E-state index >= 15 is 0 Å². The lowest BCUT2D eigenvalue weighted by atomic mass is 9.93. The molecule has 3 atom stereocenters. The van der Waals surface area contributed by atoms with Crippen LogP contribution in [0.25, 0.3) is 0 Å². The lowest BCUT2D eigenvalue weighted by molar-refractivity contribution is -0.139. The maximum Gasteiger partial charge on any atom is 0.263 e. The Morgan fingerprint density at radius 2 is 1.92 bits per heavy atom. The Morgan fingerprint density at radius 1 is 1.28 bits per heavy atom. The van der Waals surface area contributed by atoms with Crippen LogP contribution in [0.4, 0.5) is 11.5 Å². The van der Waals surface area contributed by atoms with E-state index in [-0.39, 0.29) is 17.7 Å². The molecule has 0 radical (unpaired) electrons. The summed E-state index contributed by atoms with van der Waals surface area (Å²) >= 11 is 6.29. The van der Waals surface area contributed by atoms with Gasteiger partial charge in [0.05, 0.1) is 5.69 Å². The highest BCUT2D eigenvalue weighted by Crippen LogP contribution is 2.53. The van der Waals surface area contributed by atoms with Gasteiger partial charge in [-0.1, -0.05) is 17.7 Å². The van der Waals surface area contributed by atoms with Gasteiger partial charge in [-0.05, 0) is 74.7 Å². The molecule has 1 aromatic heterocycles. The van der Waals surface area contributed by atoms with Gasteiger partial charge in [0, 0.05) is 44.4 Å². The molecular weight excluding hydrogens is 497 g/mol. The van der Waals surface area contributed by atoms with Crippen molar-refractivity contribution >= 4 is 49.5 Å². The number of halogens is 1. The van der Waals surface area contributed by atoms with Crippen LogP contribution in [0, 0.1) is 17.8 Å². The molecule has 0 aliphatic heterocycles. The van der Waals surface area contributed by atoms with E-state index < -0.39 is 5.60 Å². The summed E-state index contributed by atoms with van der Waals surface area (Å²) < 4.78 is 6.89. The van der Waals surface area contributed by atoms with Crippen LogP contribution in [-0.2, 0) is 16.6 Å². The summed E-state index contributed by atoms with van der Waals surface area (Å²) in [6, 6.07) is 5.51. The molecule has 2 aromatic rings. The molecule has 3 unspecified atom stereocenters. The molecule has 36 heavy (non-hydrogen) atoms. The van der Waals surface area contributed by atoms with E-state index in [0.717, 1.165) is 36.7 Å². The number of ether oxygens (including phenoxy) is 1. The maximum absolute atomic E-state index is 13.6. The van der Waals surface area contributed by atoms with E-state index in [1.54, 1.807) is 50.7 Å². The number of anilines is 2. The van der Waals surface area contributed by atoms with E-state index in [2.05, 4.69) is 14.6 Å². The van der Waals surface area contributed by atoms with Crippen LogP contribution in [0.2, 0.25) is 5.02 Å². The van der Waals surface area contributed by atoms with E-state index in [4.69, 9.17) is 27.2 Å². The number of nitrogens with zero attached hydrogens (tertiary/aromatic N) is 3. The highest BCUT2D eigenvalue weighted by Gasteiger charge is 2.44. The zero-order valence-corrected chi connectivity index (χ0v) is 23.6. The fourth-order valence-corrected chi connectivity index (χ4v) is 6.10. The minimum Gasteiger partial charge on any atom is -0.383 e. The van der Waals surface area contributed by atoms with Crippen LogP contribution in [0.15, 0.2) is 18.2 Å². The van der Waals surface area contributed by atoms with Crippen molar-refractivity contribution in [2.24, 2.45) is 24.8 Å². The molecule has 3 N–H and O–H groups in total. The number of methoxy groups -OCH3 is 1. The van der Waals surface area contributed by atoms with Gasteiger partial charge in [0.15, 0.2) is 0 Å². The number of hydrogen-bond acceptors (Lipinski definition) is 5. The van der Waals surface area contributed by atoms with Crippen molar-refractivity contribution in [3.05, 3.63) is 34.5 Å². The Balaban J connectivity index is 1.45. The molecule has 0 bridgehead atoms. The predicted octanol–water partition coefficient (Wildman–Crippen LogP) is 3.49. The Kier molecular flexibility index (Phi) is 7.70. The molecule has 10 heteroatoms. The third-order valence-electron chi connectivity index (χ3n) is 8.12. The van der Waals surface area contributed by atoms with Gasteiger partial charge in [-0.2, -0.15) is 5.10 Å². The molecule has 0 spiro atoms. The number of nitrogen functional groups attached to an aromatic ring is 1. The number of nitrogens with two attached hydrogens (primary N) is 1. The van der Waals surface area contributed by atoms with E-state index in [1.807, 2.05) is 12.1 Å². The third-order valence-corrected chi connectivity index (χ3v) is 9.13. The predicted molar refractivity (Wildman–Crippen MR) is 147 cm³/mol. The van der Waals surface area contributed by atoms with Crippen molar-refractivity contribution < 1.29 is 14.3 Å². The first-order chi connectivity index (χ1) is 16.9. The Bertz CT molecular complexity index is 1150. The van der Waals surface area contributed by atoms with Crippen LogP contribution >= 0.6 is 20.8 Å². The van der Waals surface area contributed by atoms with Crippen LogP contribution in [0.3, 0.4) is 0 Å². The van der Waals surface area contributed by atoms with Crippen LogP contribution in [0.5, 0.6) is 0 Å². The van der Waals surface area contributed by atoms with Gasteiger partial charge in [0.1, 0.15) is 17.0 Å². The van der Waals surface area contributed by atoms with Gasteiger partial charge in [-0.15, -0.1) is 9.24 Å². The van der Waals surface area contributed by atoms with Crippen molar-refractivity contribution in [2.75, 3.05) is 31.3 Å². The van der Waals surface area contributed by atoms with Crippen molar-refractivity contribution in [2.45, 2.75) is 51.0 Å². The number of carbonyl (C=O) groups excluding carboxylic acids is 2. The van der Waals surface area contributed by atoms with Gasteiger partial charge >= 0.3 is 0 Å². The van der Waals surface area contributed by atoms with Crippen molar-refractivity contribution in [1.29, 1.82) is 0 Å². The molecule has 8 nitrogen and oxygen atoms in total. The first-order valence-corrected chi connectivity index (χ1v) is 13.4. The normalized spacial score (nSPS) is 23.5. The van der Waals surface area contributed by atoms with Gasteiger partial charge in [-0.3, -0.25) is 14.3 Å². The molecule has 4 rings (SSSR count). The van der Waals surface area contributed by atoms with Gasteiger partial charge in [-0.25, -0.2) is 0 Å². The van der Waals surface area contributed by atoms with Gasteiger partial charge in [0.2, 0.25) is 0 Å². The Labute approximate surface area is 220 Å². The number of nitrogens with one attached hydrogen (secondary N) is 1. The average Bonchev–Trinajstić information content (AvgIpc) is 3.50. The van der Waals surface area contributed by atoms with Gasteiger partial charge < -0.3 is 20.7 Å². The molecule has 2 amide bonds. The number of carbonyl (C=O) groups is 2. The number of amides is 2. The topological polar surface area (TPSA) is 102 Å². The second-order valence-electron chi connectivity index (χ2n) is 10.8. The molecule has 196 valence electrons. The number of aryl methyl sites for hydroxylation is 1. The molecule has 2 fully saturated rings. The van der Waals surface area contributed by atoms with Crippen molar-refractivity contribution in [3.8, 4) is 0 Å². The zero-order valence-electron chi connectivity index (χ0n) is 21.7. The average molecular weight is 534 g/mol. The summed E-state index contributed by atoms with van der Waals surface area (Å²) in [4.78, 5) is 27.5. The van der Waals surface area contributed by atoms with E-state index in [1.165, 1.54) is 0 Å². The van der Waals surface area contributed by atoms with Gasteiger partial charge in [0.25, 0.3) is 11.8 Å². The minimum atomic E-state index is -0.822. The number of rotatable bonds is 7. The number of aromatic nitrogens is 2. The van der Waals surface area contributed by atoms with Crippen molar-refractivity contribution in [1.82, 2.24) is 15.1 Å². The highest BCUT2D eigenvalue weighted by atomic mass is 35.5. The fraction of sp³-hybridized carbons (Fsp3) is 0.577. The van der Waals surface area contributed by atoms with Crippen molar-refractivity contribution in [3.63, 3.8) is 0 Å². The lowest BCUT2D eigenvalue weighted by Gasteiger charge is -2.23. The standard InChI is InChI=1S/C26H37ClN5O3P/c1-26(2,35-5)25(34)29-13-14-8-15-10-17(11-16(15)9-14)22-21(23(28)32(4)30-22)24(33)31(3)18-6-7-20(36)19(27)12-18/h6-7,12,14-17H,8-11,13,28,36H2,1-5H3,(H,29,34). The second kappa shape index (κ2) is 10.3. The summed E-state index contributed by atoms with van der Waals surface area (Å²) in [5.41, 5.74) is 7.53. The maximum atomic E-state index is 13.6. The smallest absolute Gasteiger partial charge is 0.263 e. The number of benzene rings is 1. The molecule has 1 aromatic carbocycles. The molecule has 2 aliphatic carbocycles. The summed E-state index contributed by atoms with van der Waals surface area (Å²) in [7, 11) is 7.65. The quantitative estimate of drug-likeness (QED) is 0.530. The van der Waals surface area contributed by atoms with E-state index in [0.29, 0.717) is 46.4 Å². The lowest BCUT2D eigenvalue weighted by Crippen LogP contribution is -2.45. The minimum absolute atomic E-state index is 0.0789. The number of hydrogen-bond donors (Lipinski definition) is 2.